The van der Waals surface area contributed by atoms with Gasteiger partial charge in [0.1, 0.15) is 5.82 Å². The zero-order chi connectivity index (χ0) is 25.4. The Morgan fingerprint density at radius 2 is 1.83 bits per heavy atom. The summed E-state index contributed by atoms with van der Waals surface area (Å²) in [5, 5.41) is 2.38. The molecule has 0 aliphatic carbocycles. The van der Waals surface area contributed by atoms with Gasteiger partial charge in [0, 0.05) is 31.3 Å². The summed E-state index contributed by atoms with van der Waals surface area (Å²) < 4.78 is 87.8. The molecule has 9 nitrogen and oxygen atoms in total. The third-order valence-corrected chi connectivity index (χ3v) is 7.93. The number of alkyl halides is 2. The Morgan fingerprint density at radius 3 is 2.49 bits per heavy atom. The number of halogens is 3. The molecule has 2 aromatic carbocycles. The summed E-state index contributed by atoms with van der Waals surface area (Å²) in [6, 6.07) is 7.96. The van der Waals surface area contributed by atoms with Gasteiger partial charge in [-0.25, -0.2) is 17.6 Å². The first-order valence-corrected chi connectivity index (χ1v) is 12.1. The molecule has 0 saturated carbocycles. The number of benzene rings is 2. The summed E-state index contributed by atoms with van der Waals surface area (Å²) in [7, 11) is -1.72. The van der Waals surface area contributed by atoms with E-state index in [9.17, 15) is 17.6 Å². The van der Waals surface area contributed by atoms with Crippen molar-refractivity contribution in [3.05, 3.63) is 48.3 Å². The van der Waals surface area contributed by atoms with Crippen LogP contribution in [0.15, 0.2) is 47.4 Å². The van der Waals surface area contributed by atoms with Crippen molar-refractivity contribution in [1.29, 1.82) is 0 Å². The van der Waals surface area contributed by atoms with E-state index in [0.29, 0.717) is 4.31 Å². The van der Waals surface area contributed by atoms with Gasteiger partial charge in [-0.2, -0.15) is 13.1 Å². The molecule has 2 aromatic rings. The Hall–Kier alpha value is -3.03. The van der Waals surface area contributed by atoms with Gasteiger partial charge in [-0.3, -0.25) is 0 Å². The molecule has 0 aromatic heterocycles. The number of anilines is 1. The third-order valence-electron chi connectivity index (χ3n) is 6.03. The van der Waals surface area contributed by atoms with E-state index in [0.717, 1.165) is 11.0 Å². The minimum absolute atomic E-state index is 0.105. The number of ether oxygens (including phenoxy) is 3. The number of carbonyl (C=O) groups excluding carboxylic acids is 1. The van der Waals surface area contributed by atoms with Crippen LogP contribution >= 0.6 is 0 Å². The third kappa shape index (κ3) is 4.39. The number of urea groups is 1. The number of likely N-dealkylation sites (tertiary alicyclic amines) is 1. The smallest absolute Gasteiger partial charge is 0.322 e. The lowest BCUT2D eigenvalue weighted by atomic mass is 9.96. The van der Waals surface area contributed by atoms with Crippen LogP contribution in [0.2, 0.25) is 0 Å². The van der Waals surface area contributed by atoms with Gasteiger partial charge in [-0.15, -0.1) is 0 Å². The standard InChI is InChI=1S/C22H24F3N3O6S/c1-32-18-7-6-17(13-19(18)33-2)35(30,31)28-10-11-34-22(28)8-9-27(14-21(22,24)25)20(29)26-16-5-3-4-15(23)12-16/h3-7,12-13H,8-11,14H2,1-2H3,(H,26,29). The van der Waals surface area contributed by atoms with Crippen molar-refractivity contribution >= 4 is 21.7 Å². The van der Waals surface area contributed by atoms with Crippen molar-refractivity contribution in [2.75, 3.05) is 45.8 Å². The van der Waals surface area contributed by atoms with E-state index in [1.807, 2.05) is 0 Å². The van der Waals surface area contributed by atoms with Crippen LogP contribution in [0.1, 0.15) is 6.42 Å². The first-order valence-electron chi connectivity index (χ1n) is 10.6. The van der Waals surface area contributed by atoms with Crippen LogP contribution in [-0.2, 0) is 14.8 Å². The Kier molecular flexibility index (Phi) is 6.60. The molecule has 35 heavy (non-hydrogen) atoms. The minimum atomic E-state index is -4.43. The fraction of sp³-hybridized carbons (Fsp3) is 0.409. The van der Waals surface area contributed by atoms with E-state index < -0.39 is 46.5 Å². The molecular formula is C22H24F3N3O6S. The second kappa shape index (κ2) is 9.21. The quantitative estimate of drug-likeness (QED) is 0.657. The van der Waals surface area contributed by atoms with E-state index >= 15 is 8.78 Å². The van der Waals surface area contributed by atoms with Gasteiger partial charge in [-0.05, 0) is 30.3 Å². The number of hydrogen-bond acceptors (Lipinski definition) is 6. The lowest BCUT2D eigenvalue weighted by molar-refractivity contribution is -0.246. The van der Waals surface area contributed by atoms with Crippen molar-refractivity contribution in [3.63, 3.8) is 0 Å². The summed E-state index contributed by atoms with van der Waals surface area (Å²) in [4.78, 5) is 13.1. The Morgan fingerprint density at radius 1 is 1.09 bits per heavy atom. The van der Waals surface area contributed by atoms with Crippen LogP contribution in [0.5, 0.6) is 11.5 Å². The van der Waals surface area contributed by atoms with Crippen molar-refractivity contribution in [2.24, 2.45) is 0 Å². The number of amides is 2. The van der Waals surface area contributed by atoms with Crippen LogP contribution in [0.3, 0.4) is 0 Å². The highest BCUT2D eigenvalue weighted by atomic mass is 32.2. The fourth-order valence-electron chi connectivity index (χ4n) is 4.31. The van der Waals surface area contributed by atoms with Crippen molar-refractivity contribution in [3.8, 4) is 11.5 Å². The Bertz CT molecular complexity index is 1230. The molecular weight excluding hydrogens is 491 g/mol. The molecule has 2 aliphatic rings. The van der Waals surface area contributed by atoms with E-state index in [4.69, 9.17) is 14.2 Å². The maximum atomic E-state index is 15.6. The minimum Gasteiger partial charge on any atom is -0.493 e. The number of nitrogens with one attached hydrogen (secondary N) is 1. The molecule has 1 N–H and O–H groups in total. The van der Waals surface area contributed by atoms with Gasteiger partial charge in [0.25, 0.3) is 0 Å². The topological polar surface area (TPSA) is 97.4 Å². The molecule has 190 valence electrons. The Balaban J connectivity index is 1.59. The number of sulfonamides is 1. The maximum Gasteiger partial charge on any atom is 0.322 e. The highest BCUT2D eigenvalue weighted by Crippen LogP contribution is 2.47. The van der Waals surface area contributed by atoms with Crippen molar-refractivity contribution in [1.82, 2.24) is 9.21 Å². The number of methoxy groups -OCH3 is 2. The van der Waals surface area contributed by atoms with Gasteiger partial charge >= 0.3 is 12.0 Å². The van der Waals surface area contributed by atoms with Crippen LogP contribution in [0, 0.1) is 5.82 Å². The number of carbonyl (C=O) groups is 1. The first-order chi connectivity index (χ1) is 16.5. The maximum absolute atomic E-state index is 15.6. The summed E-state index contributed by atoms with van der Waals surface area (Å²) in [6.07, 6.45) is -0.469. The lowest BCUT2D eigenvalue weighted by Gasteiger charge is -2.47. The number of hydrogen-bond donors (Lipinski definition) is 1. The van der Waals surface area contributed by atoms with Gasteiger partial charge < -0.3 is 24.4 Å². The average molecular weight is 516 g/mol. The van der Waals surface area contributed by atoms with Crippen LogP contribution in [0.25, 0.3) is 0 Å². The van der Waals surface area contributed by atoms with Gasteiger partial charge in [0.15, 0.2) is 11.5 Å². The summed E-state index contributed by atoms with van der Waals surface area (Å²) in [6.45, 7) is -1.83. The molecule has 2 fully saturated rings. The van der Waals surface area contributed by atoms with Crippen LogP contribution in [0.4, 0.5) is 23.7 Å². The van der Waals surface area contributed by atoms with Gasteiger partial charge in [0.05, 0.1) is 32.3 Å². The largest absolute Gasteiger partial charge is 0.493 e. The number of piperidine rings is 1. The molecule has 2 saturated heterocycles. The fourth-order valence-corrected chi connectivity index (χ4v) is 6.04. The molecule has 2 amide bonds. The first kappa shape index (κ1) is 25.1. The summed E-state index contributed by atoms with van der Waals surface area (Å²) in [5.74, 6) is -3.94. The normalized spacial score (nSPS) is 22.3. The number of nitrogens with zero attached hydrogens (tertiary/aromatic N) is 2. The van der Waals surface area contributed by atoms with Crippen LogP contribution < -0.4 is 14.8 Å². The number of rotatable bonds is 5. The van der Waals surface area contributed by atoms with Crippen LogP contribution in [-0.4, -0.2) is 75.8 Å². The predicted octanol–water partition coefficient (Wildman–Crippen LogP) is 3.13. The van der Waals surface area contributed by atoms with E-state index in [1.165, 1.54) is 50.6 Å². The second-order valence-electron chi connectivity index (χ2n) is 8.04. The highest BCUT2D eigenvalue weighted by molar-refractivity contribution is 7.89. The van der Waals surface area contributed by atoms with E-state index in [-0.39, 0.29) is 41.8 Å². The van der Waals surface area contributed by atoms with Crippen molar-refractivity contribution in [2.45, 2.75) is 23.0 Å². The summed E-state index contributed by atoms with van der Waals surface area (Å²) in [5.41, 5.74) is -2.36. The highest BCUT2D eigenvalue weighted by Gasteiger charge is 2.67. The second-order valence-corrected chi connectivity index (χ2v) is 9.91. The molecule has 4 rings (SSSR count). The van der Waals surface area contributed by atoms with Gasteiger partial charge in [0.2, 0.25) is 15.7 Å². The zero-order valence-electron chi connectivity index (χ0n) is 19.0. The van der Waals surface area contributed by atoms with Crippen molar-refractivity contribution < 1.29 is 40.6 Å². The summed E-state index contributed by atoms with van der Waals surface area (Å²) >= 11 is 0. The zero-order valence-corrected chi connectivity index (χ0v) is 19.8. The molecule has 1 unspecified atom stereocenters. The van der Waals surface area contributed by atoms with E-state index in [1.54, 1.807) is 0 Å². The molecule has 0 bridgehead atoms. The molecule has 1 atom stereocenters. The molecule has 13 heteroatoms. The van der Waals surface area contributed by atoms with E-state index in [2.05, 4.69) is 5.32 Å². The Labute approximate surface area is 200 Å². The molecule has 0 radical (unpaired) electrons. The molecule has 2 heterocycles. The SMILES string of the molecule is COc1ccc(S(=O)(=O)N2CCOC23CCN(C(=O)Nc2cccc(F)c2)CC3(F)F)cc1OC. The lowest BCUT2D eigenvalue weighted by Crippen LogP contribution is -2.68. The molecule has 2 aliphatic heterocycles. The molecule has 1 spiro atoms. The predicted molar refractivity (Wildman–Crippen MR) is 119 cm³/mol. The van der Waals surface area contributed by atoms with Gasteiger partial charge in [-0.1, -0.05) is 6.07 Å². The average Bonchev–Trinajstić information content (AvgIpc) is 3.27. The monoisotopic (exact) mass is 515 g/mol.